The van der Waals surface area contributed by atoms with Gasteiger partial charge in [0.1, 0.15) is 0 Å². The first-order chi connectivity index (χ1) is 21.5. The van der Waals surface area contributed by atoms with Gasteiger partial charge in [0.15, 0.2) is 0 Å². The van der Waals surface area contributed by atoms with Crippen LogP contribution in [0.15, 0.2) is 46.2 Å². The Morgan fingerprint density at radius 1 is 0.578 bits per heavy atom. The molecule has 256 valence electrons. The maximum absolute atomic E-state index is 12.6. The second kappa shape index (κ2) is 22.5. The Bertz CT molecular complexity index is 1230. The fourth-order valence-corrected chi connectivity index (χ4v) is 8.31. The molecule has 11 heteroatoms. The summed E-state index contributed by atoms with van der Waals surface area (Å²) in [6, 6.07) is 11.6. The van der Waals surface area contributed by atoms with Gasteiger partial charge in [0, 0.05) is 22.9 Å². The SMILES string of the molecule is CCCCCCCCc1ccc(CS(=O)(=O)NCCOCCNS(=O)(=O)Cc2ccc(CCCCCCCC)cc2S)c(S)c1. The van der Waals surface area contributed by atoms with Crippen LogP contribution in [0, 0.1) is 0 Å². The van der Waals surface area contributed by atoms with E-state index in [0.29, 0.717) is 20.9 Å². The van der Waals surface area contributed by atoms with Gasteiger partial charge in [-0.3, -0.25) is 0 Å². The first-order valence-corrected chi connectivity index (χ1v) is 20.9. The number of nitrogens with one attached hydrogen (secondary N) is 2. The van der Waals surface area contributed by atoms with Crippen LogP contribution in [0.2, 0.25) is 0 Å². The average Bonchev–Trinajstić information content (AvgIpc) is 2.98. The molecule has 0 amide bonds. The Labute approximate surface area is 285 Å². The van der Waals surface area contributed by atoms with E-state index in [2.05, 4.69) is 48.5 Å². The minimum Gasteiger partial charge on any atom is -0.379 e. The lowest BCUT2D eigenvalue weighted by molar-refractivity contribution is 0.144. The van der Waals surface area contributed by atoms with E-state index in [9.17, 15) is 16.8 Å². The summed E-state index contributed by atoms with van der Waals surface area (Å²) in [5.41, 5.74) is 3.67. The predicted octanol–water partition coefficient (Wildman–Crippen LogP) is 7.63. The molecule has 0 aliphatic rings. The molecule has 0 unspecified atom stereocenters. The number of hydrogen-bond donors (Lipinski definition) is 4. The van der Waals surface area contributed by atoms with Crippen LogP contribution in [-0.2, 0) is 49.1 Å². The molecule has 0 saturated carbocycles. The predicted molar refractivity (Wildman–Crippen MR) is 194 cm³/mol. The number of unbranched alkanes of at least 4 members (excludes halogenated alkanes) is 10. The largest absolute Gasteiger partial charge is 0.379 e. The number of sulfonamides is 2. The summed E-state index contributed by atoms with van der Waals surface area (Å²) >= 11 is 9.06. The molecule has 2 aromatic rings. The zero-order valence-electron chi connectivity index (χ0n) is 27.4. The van der Waals surface area contributed by atoms with Crippen LogP contribution >= 0.6 is 25.3 Å². The van der Waals surface area contributed by atoms with E-state index in [1.807, 2.05) is 36.4 Å². The highest BCUT2D eigenvalue weighted by molar-refractivity contribution is 7.89. The highest BCUT2D eigenvalue weighted by Gasteiger charge is 2.15. The van der Waals surface area contributed by atoms with Gasteiger partial charge in [-0.25, -0.2) is 26.3 Å². The Hall–Kier alpha value is -1.08. The van der Waals surface area contributed by atoms with Crippen molar-refractivity contribution in [3.63, 3.8) is 0 Å². The third-order valence-electron chi connectivity index (χ3n) is 7.77. The summed E-state index contributed by atoms with van der Waals surface area (Å²) in [5.74, 6) is -0.313. The molecule has 0 radical (unpaired) electrons. The van der Waals surface area contributed by atoms with E-state index in [0.717, 1.165) is 25.7 Å². The van der Waals surface area contributed by atoms with Crippen molar-refractivity contribution >= 4 is 45.3 Å². The van der Waals surface area contributed by atoms with Gasteiger partial charge in [0.05, 0.1) is 24.7 Å². The van der Waals surface area contributed by atoms with Crippen molar-refractivity contribution < 1.29 is 21.6 Å². The second-order valence-electron chi connectivity index (χ2n) is 11.9. The molecule has 0 saturated heterocycles. The monoisotopic (exact) mass is 700 g/mol. The highest BCUT2D eigenvalue weighted by atomic mass is 32.2. The summed E-state index contributed by atoms with van der Waals surface area (Å²) < 4.78 is 60.9. The molecule has 2 aromatic carbocycles. The van der Waals surface area contributed by atoms with Crippen molar-refractivity contribution in [3.8, 4) is 0 Å². The average molecular weight is 701 g/mol. The van der Waals surface area contributed by atoms with E-state index in [1.165, 1.54) is 75.3 Å². The Morgan fingerprint density at radius 3 is 1.33 bits per heavy atom. The van der Waals surface area contributed by atoms with Crippen LogP contribution in [-0.4, -0.2) is 43.1 Å². The van der Waals surface area contributed by atoms with Gasteiger partial charge in [-0.15, -0.1) is 25.3 Å². The maximum Gasteiger partial charge on any atom is 0.215 e. The zero-order chi connectivity index (χ0) is 33.0. The second-order valence-corrected chi connectivity index (χ2v) is 16.5. The Morgan fingerprint density at radius 2 is 0.956 bits per heavy atom. The lowest BCUT2D eigenvalue weighted by Gasteiger charge is -2.12. The number of rotatable bonds is 26. The van der Waals surface area contributed by atoms with E-state index in [4.69, 9.17) is 4.74 Å². The number of benzene rings is 2. The molecule has 0 atom stereocenters. The van der Waals surface area contributed by atoms with Gasteiger partial charge in [-0.1, -0.05) is 102 Å². The van der Waals surface area contributed by atoms with E-state index >= 15 is 0 Å². The van der Waals surface area contributed by atoms with Crippen molar-refractivity contribution in [2.45, 2.75) is 125 Å². The summed E-state index contributed by atoms with van der Waals surface area (Å²) in [6.45, 7) is 4.89. The molecule has 2 N–H and O–H groups in total. The topological polar surface area (TPSA) is 102 Å². The smallest absolute Gasteiger partial charge is 0.215 e. The Balaban J connectivity index is 1.63. The lowest BCUT2D eigenvalue weighted by atomic mass is 10.0. The first kappa shape index (κ1) is 40.1. The van der Waals surface area contributed by atoms with Crippen molar-refractivity contribution in [2.75, 3.05) is 26.3 Å². The summed E-state index contributed by atoms with van der Waals surface area (Å²) in [5, 5.41) is 0. The van der Waals surface area contributed by atoms with Gasteiger partial charge in [-0.2, -0.15) is 0 Å². The van der Waals surface area contributed by atoms with Gasteiger partial charge >= 0.3 is 0 Å². The molecular formula is C34H56N2O5S4. The molecule has 0 bridgehead atoms. The molecule has 2 rings (SSSR count). The standard InChI is InChI=1S/C34H56N2O5S4/c1-3-5-7-9-11-13-15-29-17-19-31(33(42)25-29)27-44(37,38)35-21-23-41-24-22-36-45(39,40)28-32-20-18-30(26-34(32)43)16-14-12-10-8-6-4-2/h17-20,25-26,35-36,42-43H,3-16,21-24,27-28H2,1-2H3. The van der Waals surface area contributed by atoms with E-state index in [1.54, 1.807) is 0 Å². The van der Waals surface area contributed by atoms with Gasteiger partial charge in [-0.05, 0) is 60.1 Å². The summed E-state index contributed by atoms with van der Waals surface area (Å²) in [6.07, 6.45) is 16.8. The maximum atomic E-state index is 12.6. The van der Waals surface area contributed by atoms with E-state index in [-0.39, 0.29) is 37.8 Å². The summed E-state index contributed by atoms with van der Waals surface area (Å²) in [7, 11) is -7.13. The molecule has 0 aliphatic heterocycles. The number of hydrogen-bond acceptors (Lipinski definition) is 7. The minimum absolute atomic E-state index is 0.0984. The van der Waals surface area contributed by atoms with Crippen LogP contribution in [0.25, 0.3) is 0 Å². The minimum atomic E-state index is -3.57. The van der Waals surface area contributed by atoms with Gasteiger partial charge < -0.3 is 4.74 Å². The normalized spacial score (nSPS) is 12.2. The molecule has 0 heterocycles. The van der Waals surface area contributed by atoms with Crippen LogP contribution in [0.3, 0.4) is 0 Å². The van der Waals surface area contributed by atoms with Crippen molar-refractivity contribution in [1.82, 2.24) is 9.44 Å². The van der Waals surface area contributed by atoms with Crippen LogP contribution in [0.5, 0.6) is 0 Å². The van der Waals surface area contributed by atoms with Crippen molar-refractivity contribution in [2.24, 2.45) is 0 Å². The first-order valence-electron chi connectivity index (χ1n) is 16.7. The molecular weight excluding hydrogens is 645 g/mol. The lowest BCUT2D eigenvalue weighted by Crippen LogP contribution is -2.31. The van der Waals surface area contributed by atoms with Crippen molar-refractivity contribution in [3.05, 3.63) is 58.7 Å². The van der Waals surface area contributed by atoms with Gasteiger partial charge in [0.25, 0.3) is 0 Å². The van der Waals surface area contributed by atoms with Gasteiger partial charge in [0.2, 0.25) is 20.0 Å². The molecule has 0 spiro atoms. The highest BCUT2D eigenvalue weighted by Crippen LogP contribution is 2.21. The molecule has 0 fully saturated rings. The fourth-order valence-electron chi connectivity index (χ4n) is 5.15. The molecule has 0 aromatic heterocycles. The zero-order valence-corrected chi connectivity index (χ0v) is 30.8. The molecule has 45 heavy (non-hydrogen) atoms. The number of aryl methyl sites for hydroxylation is 2. The number of thiol groups is 2. The van der Waals surface area contributed by atoms with Crippen LogP contribution in [0.1, 0.15) is 113 Å². The van der Waals surface area contributed by atoms with Crippen LogP contribution < -0.4 is 9.44 Å². The third kappa shape index (κ3) is 18.2. The molecule has 0 aliphatic carbocycles. The summed E-state index contributed by atoms with van der Waals surface area (Å²) in [4.78, 5) is 1.36. The molecule has 7 nitrogen and oxygen atoms in total. The van der Waals surface area contributed by atoms with Crippen LogP contribution in [0.4, 0.5) is 0 Å². The Kier molecular flexibility index (Phi) is 20.0. The third-order valence-corrected chi connectivity index (χ3v) is 11.3. The van der Waals surface area contributed by atoms with Crippen molar-refractivity contribution in [1.29, 1.82) is 0 Å². The quantitative estimate of drug-likeness (QED) is 0.0598. The fraction of sp³-hybridized carbons (Fsp3) is 0.647. The number of ether oxygens (including phenoxy) is 1. The van der Waals surface area contributed by atoms with E-state index < -0.39 is 20.0 Å².